The van der Waals surface area contributed by atoms with E-state index in [1.54, 1.807) is 12.1 Å². The van der Waals surface area contributed by atoms with Crippen molar-refractivity contribution in [2.45, 2.75) is 20.4 Å². The van der Waals surface area contributed by atoms with Crippen LogP contribution in [0.1, 0.15) is 32.1 Å². The third-order valence-electron chi connectivity index (χ3n) is 3.94. The first-order valence-corrected chi connectivity index (χ1v) is 7.74. The van der Waals surface area contributed by atoms with Crippen LogP contribution in [0.2, 0.25) is 0 Å². The second kappa shape index (κ2) is 7.70. The summed E-state index contributed by atoms with van der Waals surface area (Å²) in [6.07, 6.45) is 1.75. The van der Waals surface area contributed by atoms with Crippen molar-refractivity contribution < 1.29 is 24.2 Å². The Labute approximate surface area is 146 Å². The van der Waals surface area contributed by atoms with Crippen LogP contribution in [-0.2, 0) is 11.3 Å². The molecule has 0 saturated carbocycles. The summed E-state index contributed by atoms with van der Waals surface area (Å²) in [4.78, 5) is 24.4. The lowest BCUT2D eigenvalue weighted by Crippen LogP contribution is -2.15. The van der Waals surface area contributed by atoms with E-state index in [0.717, 1.165) is 11.4 Å². The Kier molecular flexibility index (Phi) is 5.64. The van der Waals surface area contributed by atoms with Gasteiger partial charge in [-0.1, -0.05) is 6.08 Å². The number of esters is 1. The van der Waals surface area contributed by atoms with Crippen LogP contribution in [0.5, 0.6) is 11.5 Å². The maximum atomic E-state index is 12.4. The van der Waals surface area contributed by atoms with Crippen LogP contribution < -0.4 is 4.74 Å². The van der Waals surface area contributed by atoms with Crippen molar-refractivity contribution in [1.29, 1.82) is 0 Å². The van der Waals surface area contributed by atoms with Gasteiger partial charge < -0.3 is 19.1 Å². The van der Waals surface area contributed by atoms with Crippen LogP contribution in [0.4, 0.5) is 0 Å². The zero-order valence-electron chi connectivity index (χ0n) is 14.5. The third kappa shape index (κ3) is 3.91. The smallest absolute Gasteiger partial charge is 0.342 e. The molecule has 0 bridgehead atoms. The van der Waals surface area contributed by atoms with Crippen molar-refractivity contribution in [1.82, 2.24) is 4.57 Å². The number of aryl methyl sites for hydroxylation is 1. The molecule has 0 atom stereocenters. The Morgan fingerprint density at radius 2 is 1.96 bits per heavy atom. The highest BCUT2D eigenvalue weighted by molar-refractivity contribution is 6.01. The van der Waals surface area contributed by atoms with E-state index in [1.807, 2.05) is 18.4 Å². The predicted molar refractivity (Wildman–Crippen MR) is 93.4 cm³/mol. The minimum absolute atomic E-state index is 0.0225. The fourth-order valence-corrected chi connectivity index (χ4v) is 2.59. The number of hydrogen-bond donors (Lipinski definition) is 1. The standard InChI is InChI=1S/C19H21NO5/c1-5-8-20-12(2)9-16(13(20)3)18(22)11-25-19(23)15-7-6-14(24-4)10-17(15)21/h5-7,9-10,21H,1,8,11H2,2-4H3. The number of hydrogen-bond acceptors (Lipinski definition) is 5. The van der Waals surface area contributed by atoms with Crippen molar-refractivity contribution in [2.24, 2.45) is 0 Å². The molecule has 0 radical (unpaired) electrons. The van der Waals surface area contributed by atoms with Gasteiger partial charge in [0.2, 0.25) is 5.78 Å². The number of rotatable bonds is 7. The van der Waals surface area contributed by atoms with E-state index in [9.17, 15) is 14.7 Å². The molecule has 0 aliphatic rings. The van der Waals surface area contributed by atoms with Gasteiger partial charge in [-0.3, -0.25) is 4.79 Å². The van der Waals surface area contributed by atoms with Gasteiger partial charge >= 0.3 is 5.97 Å². The molecule has 0 saturated heterocycles. The van der Waals surface area contributed by atoms with E-state index in [4.69, 9.17) is 9.47 Å². The average Bonchev–Trinajstić information content (AvgIpc) is 2.87. The monoisotopic (exact) mass is 343 g/mol. The van der Waals surface area contributed by atoms with Gasteiger partial charge in [-0.2, -0.15) is 0 Å². The molecule has 0 amide bonds. The van der Waals surface area contributed by atoms with Crippen LogP contribution in [0.3, 0.4) is 0 Å². The largest absolute Gasteiger partial charge is 0.507 e. The molecule has 25 heavy (non-hydrogen) atoms. The number of carbonyl (C=O) groups is 2. The molecule has 0 fully saturated rings. The summed E-state index contributed by atoms with van der Waals surface area (Å²) in [5, 5.41) is 9.84. The number of aromatic nitrogens is 1. The Morgan fingerprint density at radius 3 is 2.56 bits per heavy atom. The van der Waals surface area contributed by atoms with E-state index >= 15 is 0 Å². The topological polar surface area (TPSA) is 77.8 Å². The molecule has 6 nitrogen and oxygen atoms in total. The number of ketones is 1. The number of phenols is 1. The van der Waals surface area contributed by atoms with E-state index in [0.29, 0.717) is 17.9 Å². The number of phenolic OH excluding ortho intramolecular Hbond substituents is 1. The normalized spacial score (nSPS) is 10.4. The van der Waals surface area contributed by atoms with E-state index in [-0.39, 0.29) is 17.1 Å². The van der Waals surface area contributed by atoms with Gasteiger partial charge in [-0.15, -0.1) is 6.58 Å². The number of benzene rings is 1. The lowest BCUT2D eigenvalue weighted by molar-refractivity contribution is 0.0471. The number of carbonyl (C=O) groups excluding carboxylic acids is 2. The average molecular weight is 343 g/mol. The van der Waals surface area contributed by atoms with Gasteiger partial charge in [0.1, 0.15) is 17.1 Å². The fourth-order valence-electron chi connectivity index (χ4n) is 2.59. The molecule has 1 heterocycles. The second-order valence-electron chi connectivity index (χ2n) is 5.57. The summed E-state index contributed by atoms with van der Waals surface area (Å²) in [6.45, 7) is 7.63. The van der Waals surface area contributed by atoms with Gasteiger partial charge in [0.25, 0.3) is 0 Å². The lowest BCUT2D eigenvalue weighted by atomic mass is 10.1. The maximum absolute atomic E-state index is 12.4. The summed E-state index contributed by atoms with van der Waals surface area (Å²) in [5.74, 6) is -0.918. The zero-order chi connectivity index (χ0) is 18.6. The Morgan fingerprint density at radius 1 is 1.24 bits per heavy atom. The van der Waals surface area contributed by atoms with Crippen LogP contribution >= 0.6 is 0 Å². The van der Waals surface area contributed by atoms with Crippen molar-refractivity contribution in [2.75, 3.05) is 13.7 Å². The maximum Gasteiger partial charge on any atom is 0.342 e. The number of Topliss-reactive ketones (excluding diaryl/α,β-unsaturated/α-hetero) is 1. The highest BCUT2D eigenvalue weighted by Crippen LogP contribution is 2.24. The van der Waals surface area contributed by atoms with Crippen molar-refractivity contribution in [3.63, 3.8) is 0 Å². The van der Waals surface area contributed by atoms with Gasteiger partial charge in [-0.25, -0.2) is 4.79 Å². The zero-order valence-corrected chi connectivity index (χ0v) is 14.5. The number of methoxy groups -OCH3 is 1. The molecular formula is C19H21NO5. The predicted octanol–water partition coefficient (Wildman–Crippen LogP) is 3.04. The third-order valence-corrected chi connectivity index (χ3v) is 3.94. The first-order chi connectivity index (χ1) is 11.9. The highest BCUT2D eigenvalue weighted by atomic mass is 16.5. The second-order valence-corrected chi connectivity index (χ2v) is 5.57. The molecular weight excluding hydrogens is 322 g/mol. The molecule has 1 aromatic carbocycles. The minimum atomic E-state index is -0.770. The van der Waals surface area contributed by atoms with Crippen LogP contribution in [-0.4, -0.2) is 35.1 Å². The number of aromatic hydroxyl groups is 1. The molecule has 1 N–H and O–H groups in total. The van der Waals surface area contributed by atoms with Gasteiger partial charge in [0.15, 0.2) is 6.61 Å². The summed E-state index contributed by atoms with van der Waals surface area (Å²) in [7, 11) is 1.45. The molecule has 0 unspecified atom stereocenters. The summed E-state index contributed by atoms with van der Waals surface area (Å²) < 4.78 is 12.0. The SMILES string of the molecule is C=CCn1c(C)cc(C(=O)COC(=O)c2ccc(OC)cc2O)c1C. The van der Waals surface area contributed by atoms with E-state index in [1.165, 1.54) is 25.3 Å². The van der Waals surface area contributed by atoms with E-state index < -0.39 is 12.6 Å². The molecule has 132 valence electrons. The summed E-state index contributed by atoms with van der Waals surface area (Å²) >= 11 is 0. The molecule has 6 heteroatoms. The van der Waals surface area contributed by atoms with E-state index in [2.05, 4.69) is 6.58 Å². The lowest BCUT2D eigenvalue weighted by Gasteiger charge is -2.08. The first-order valence-electron chi connectivity index (χ1n) is 7.74. The molecule has 0 spiro atoms. The highest BCUT2D eigenvalue weighted by Gasteiger charge is 2.19. The van der Waals surface area contributed by atoms with Crippen LogP contribution in [0.25, 0.3) is 0 Å². The van der Waals surface area contributed by atoms with Crippen molar-refractivity contribution in [3.05, 3.63) is 59.4 Å². The van der Waals surface area contributed by atoms with Gasteiger partial charge in [0.05, 0.1) is 7.11 Å². The summed E-state index contributed by atoms with van der Waals surface area (Å²) in [5.41, 5.74) is 2.21. The van der Waals surface area contributed by atoms with Crippen molar-refractivity contribution >= 4 is 11.8 Å². The number of nitrogens with zero attached hydrogens (tertiary/aromatic N) is 1. The van der Waals surface area contributed by atoms with Gasteiger partial charge in [0, 0.05) is 29.6 Å². The molecule has 2 rings (SSSR count). The first kappa shape index (κ1) is 18.3. The fraction of sp³-hybridized carbons (Fsp3) is 0.263. The number of ether oxygens (including phenoxy) is 2. The molecule has 1 aromatic heterocycles. The molecule has 0 aliphatic heterocycles. The Balaban J connectivity index is 2.08. The Bertz CT molecular complexity index is 819. The minimum Gasteiger partial charge on any atom is -0.507 e. The molecule has 0 aliphatic carbocycles. The Hall–Kier alpha value is -3.02. The molecule has 2 aromatic rings. The van der Waals surface area contributed by atoms with Gasteiger partial charge in [-0.05, 0) is 32.0 Å². The van der Waals surface area contributed by atoms with Crippen LogP contribution in [0.15, 0.2) is 36.9 Å². The summed E-state index contributed by atoms with van der Waals surface area (Å²) in [6, 6.07) is 5.99. The van der Waals surface area contributed by atoms with Crippen molar-refractivity contribution in [3.8, 4) is 11.5 Å². The van der Waals surface area contributed by atoms with Crippen LogP contribution in [0, 0.1) is 13.8 Å². The quantitative estimate of drug-likeness (QED) is 0.475. The number of allylic oxidation sites excluding steroid dienone is 1.